The van der Waals surface area contributed by atoms with Crippen molar-refractivity contribution in [1.29, 1.82) is 0 Å². The molecule has 8 nitrogen and oxygen atoms in total. The Morgan fingerprint density at radius 1 is 1.03 bits per heavy atom. The summed E-state index contributed by atoms with van der Waals surface area (Å²) in [5.41, 5.74) is 4.31. The summed E-state index contributed by atoms with van der Waals surface area (Å²) in [5.74, 6) is 0.448. The van der Waals surface area contributed by atoms with Crippen LogP contribution in [-0.4, -0.2) is 48.8 Å². The Labute approximate surface area is 190 Å². The number of hydroxylamine groups is 1. The number of aliphatic hydroxyl groups is 1. The summed E-state index contributed by atoms with van der Waals surface area (Å²) in [7, 11) is -1.45. The van der Waals surface area contributed by atoms with Gasteiger partial charge in [-0.1, -0.05) is 74.5 Å². The Morgan fingerprint density at radius 3 is 2.28 bits per heavy atom. The summed E-state index contributed by atoms with van der Waals surface area (Å²) in [6, 6.07) is 18.2. The highest BCUT2D eigenvalue weighted by Crippen LogP contribution is 2.08. The van der Waals surface area contributed by atoms with E-state index in [4.69, 9.17) is 14.1 Å². The Kier molecular flexibility index (Phi) is 11.8. The summed E-state index contributed by atoms with van der Waals surface area (Å²) >= 11 is 0. The van der Waals surface area contributed by atoms with E-state index in [2.05, 4.69) is 24.6 Å². The monoisotopic (exact) mass is 444 g/mol. The second kappa shape index (κ2) is 14.6. The van der Waals surface area contributed by atoms with Crippen molar-refractivity contribution in [1.82, 2.24) is 10.8 Å². The second-order valence-electron chi connectivity index (χ2n) is 7.90. The Balaban J connectivity index is 1.84. The molecule has 0 aromatic heterocycles. The van der Waals surface area contributed by atoms with E-state index in [1.807, 2.05) is 60.7 Å². The first-order valence-electron chi connectivity index (χ1n) is 10.8. The number of amides is 1. The zero-order chi connectivity index (χ0) is 23.2. The smallest absolute Gasteiger partial charge is 0.445 e. The number of carbonyl (C=O) groups is 1. The minimum atomic E-state index is -1.45. The van der Waals surface area contributed by atoms with Gasteiger partial charge in [0.2, 0.25) is 0 Å². The summed E-state index contributed by atoms with van der Waals surface area (Å²) in [6.45, 7) is 4.55. The number of hydrogen-bond donors (Lipinski definition) is 4. The summed E-state index contributed by atoms with van der Waals surface area (Å²) in [6.07, 6.45) is -0.469. The van der Waals surface area contributed by atoms with Crippen molar-refractivity contribution in [2.75, 3.05) is 13.2 Å². The number of hydrogen-bond acceptors (Lipinski definition) is 7. The molecular formula is C23H33BN2O6. The van der Waals surface area contributed by atoms with Crippen LogP contribution in [0.4, 0.5) is 4.79 Å². The predicted octanol–water partition coefficient (Wildman–Crippen LogP) is 2.45. The normalized spacial score (nSPS) is 12.9. The van der Waals surface area contributed by atoms with Gasteiger partial charge < -0.3 is 29.6 Å². The third kappa shape index (κ3) is 10.7. The summed E-state index contributed by atoms with van der Waals surface area (Å²) in [5, 5.41) is 23.0. The van der Waals surface area contributed by atoms with Crippen LogP contribution in [0.3, 0.4) is 0 Å². The van der Waals surface area contributed by atoms with Crippen LogP contribution >= 0.6 is 0 Å². The highest BCUT2D eigenvalue weighted by molar-refractivity contribution is 6.34. The first-order chi connectivity index (χ1) is 15.4. The second-order valence-corrected chi connectivity index (χ2v) is 7.90. The van der Waals surface area contributed by atoms with Crippen LogP contribution in [0.5, 0.6) is 0 Å². The first kappa shape index (κ1) is 25.8. The molecule has 2 atom stereocenters. The lowest BCUT2D eigenvalue weighted by atomic mass is 10.0. The van der Waals surface area contributed by atoms with Crippen LogP contribution in [0.2, 0.25) is 0 Å². The van der Waals surface area contributed by atoms with Crippen molar-refractivity contribution < 1.29 is 29.1 Å². The molecule has 0 unspecified atom stereocenters. The fourth-order valence-electron chi connectivity index (χ4n) is 2.85. The maximum Gasteiger partial charge on any atom is 0.654 e. The minimum absolute atomic E-state index is 0.0406. The number of ether oxygens (including phenoxy) is 1. The molecule has 32 heavy (non-hydrogen) atoms. The molecule has 4 N–H and O–H groups in total. The summed E-state index contributed by atoms with van der Waals surface area (Å²) in [4.78, 5) is 12.3. The van der Waals surface area contributed by atoms with Gasteiger partial charge in [0.15, 0.2) is 0 Å². The highest BCUT2D eigenvalue weighted by atomic mass is 16.8. The molecule has 0 fully saturated rings. The molecule has 0 bridgehead atoms. The minimum Gasteiger partial charge on any atom is -0.445 e. The van der Waals surface area contributed by atoms with Crippen LogP contribution in [0.1, 0.15) is 31.4 Å². The van der Waals surface area contributed by atoms with Crippen molar-refractivity contribution in [3.8, 4) is 0 Å². The van der Waals surface area contributed by atoms with Gasteiger partial charge in [0.1, 0.15) is 6.61 Å². The fraction of sp³-hybridized carbons (Fsp3) is 0.435. The van der Waals surface area contributed by atoms with Gasteiger partial charge >= 0.3 is 13.4 Å². The average Bonchev–Trinajstić information content (AvgIpc) is 2.78. The molecular weight excluding hydrogens is 411 g/mol. The van der Waals surface area contributed by atoms with Crippen LogP contribution in [0, 0.1) is 5.92 Å². The molecule has 9 heteroatoms. The lowest BCUT2D eigenvalue weighted by Crippen LogP contribution is -2.49. The van der Waals surface area contributed by atoms with Gasteiger partial charge in [-0.3, -0.25) is 0 Å². The molecule has 0 aliphatic heterocycles. The average molecular weight is 444 g/mol. The van der Waals surface area contributed by atoms with Crippen LogP contribution in [0.15, 0.2) is 60.7 Å². The van der Waals surface area contributed by atoms with Gasteiger partial charge in [0.05, 0.1) is 12.1 Å². The van der Waals surface area contributed by atoms with E-state index >= 15 is 0 Å². The molecule has 0 saturated heterocycles. The van der Waals surface area contributed by atoms with Gasteiger partial charge in [-0.2, -0.15) is 0 Å². The quantitative estimate of drug-likeness (QED) is 0.262. The molecule has 0 spiro atoms. The van der Waals surface area contributed by atoms with Crippen LogP contribution in [-0.2, 0) is 27.2 Å². The number of alkyl carbamates (subject to hydrolysis) is 1. The lowest BCUT2D eigenvalue weighted by molar-refractivity contribution is 0.0365. The molecule has 0 heterocycles. The van der Waals surface area contributed by atoms with Crippen molar-refractivity contribution in [2.45, 2.75) is 45.4 Å². The number of rotatable bonds is 14. The van der Waals surface area contributed by atoms with Gasteiger partial charge in [-0.25, -0.2) is 10.3 Å². The van der Waals surface area contributed by atoms with Crippen LogP contribution in [0.25, 0.3) is 0 Å². The zero-order valence-electron chi connectivity index (χ0n) is 18.6. The Morgan fingerprint density at radius 2 is 1.66 bits per heavy atom. The first-order valence-corrected chi connectivity index (χ1v) is 10.8. The predicted molar refractivity (Wildman–Crippen MR) is 122 cm³/mol. The number of aliphatic hydroxyl groups excluding tert-OH is 1. The van der Waals surface area contributed by atoms with E-state index in [1.54, 1.807) is 0 Å². The van der Waals surface area contributed by atoms with E-state index in [-0.39, 0.29) is 13.2 Å². The number of carbonyl (C=O) groups excluding carboxylic acids is 1. The molecule has 1 amide bonds. The molecule has 0 radical (unpaired) electrons. The molecule has 2 rings (SSSR count). The Bertz CT molecular complexity index is 766. The van der Waals surface area contributed by atoms with E-state index in [1.165, 1.54) is 0 Å². The number of nitrogens with one attached hydrogen (secondary N) is 2. The van der Waals surface area contributed by atoms with E-state index in [0.29, 0.717) is 18.9 Å². The fourth-order valence-corrected chi connectivity index (χ4v) is 2.85. The topological polar surface area (TPSA) is 109 Å². The third-order valence-corrected chi connectivity index (χ3v) is 4.71. The largest absolute Gasteiger partial charge is 0.654 e. The van der Waals surface area contributed by atoms with E-state index in [0.717, 1.165) is 17.5 Å². The summed E-state index contributed by atoms with van der Waals surface area (Å²) < 4.78 is 15.4. The highest BCUT2D eigenvalue weighted by Gasteiger charge is 2.24. The third-order valence-electron chi connectivity index (χ3n) is 4.71. The van der Waals surface area contributed by atoms with Gasteiger partial charge in [-0.05, 0) is 29.9 Å². The van der Waals surface area contributed by atoms with Crippen molar-refractivity contribution in [3.05, 3.63) is 71.8 Å². The van der Waals surface area contributed by atoms with Gasteiger partial charge in [0, 0.05) is 13.2 Å². The maximum absolute atomic E-state index is 12.3. The van der Waals surface area contributed by atoms with Crippen molar-refractivity contribution in [3.63, 3.8) is 0 Å². The SMILES string of the molecule is CC(C)CCOB(O)ONC[C@H](O)[C@@H](Cc1ccccc1)NC(=O)OCc1ccccc1. The standard InChI is InChI=1S/C23H33BN2O6/c1-18(2)13-14-31-24(29)32-25-16-22(27)21(15-19-9-5-3-6-10-19)26-23(28)30-17-20-11-7-4-8-12-20/h3-12,18,21-22,25,27,29H,13-17H2,1-2H3,(H,26,28)/t21-,22+/m1/s1. The molecule has 2 aromatic rings. The number of benzene rings is 2. The van der Waals surface area contributed by atoms with Crippen LogP contribution < -0.4 is 10.8 Å². The Hall–Kier alpha value is -2.43. The van der Waals surface area contributed by atoms with E-state index in [9.17, 15) is 14.9 Å². The van der Waals surface area contributed by atoms with Gasteiger partial charge in [-0.15, -0.1) is 0 Å². The lowest BCUT2D eigenvalue weighted by Gasteiger charge is -2.24. The van der Waals surface area contributed by atoms with Crippen molar-refractivity contribution in [2.24, 2.45) is 5.92 Å². The molecule has 174 valence electrons. The molecule has 0 aliphatic rings. The molecule has 0 aliphatic carbocycles. The molecule has 0 saturated carbocycles. The molecule has 2 aromatic carbocycles. The van der Waals surface area contributed by atoms with Gasteiger partial charge in [0.25, 0.3) is 0 Å². The maximum atomic E-state index is 12.3. The van der Waals surface area contributed by atoms with Crippen molar-refractivity contribution >= 4 is 13.4 Å². The van der Waals surface area contributed by atoms with E-state index < -0.39 is 25.6 Å². The zero-order valence-corrected chi connectivity index (χ0v) is 18.6.